The van der Waals surface area contributed by atoms with E-state index >= 15 is 0 Å². The minimum atomic E-state index is -0.280. The summed E-state index contributed by atoms with van der Waals surface area (Å²) in [7, 11) is 1.97. The average Bonchev–Trinajstić information content (AvgIpc) is 3.16. The van der Waals surface area contributed by atoms with Crippen LogP contribution in [0.25, 0.3) is 0 Å². The van der Waals surface area contributed by atoms with Crippen LogP contribution in [0.4, 0.5) is 10.5 Å². The zero-order valence-corrected chi connectivity index (χ0v) is 19.3. The first kappa shape index (κ1) is 23.1. The predicted molar refractivity (Wildman–Crippen MR) is 128 cm³/mol. The Morgan fingerprint density at radius 1 is 0.969 bits per heavy atom. The van der Waals surface area contributed by atoms with Gasteiger partial charge in [0.05, 0.1) is 6.54 Å². The highest BCUT2D eigenvalue weighted by molar-refractivity contribution is 5.92. The van der Waals surface area contributed by atoms with Crippen LogP contribution < -0.4 is 5.32 Å². The third kappa shape index (κ3) is 6.23. The summed E-state index contributed by atoms with van der Waals surface area (Å²) >= 11 is 0. The van der Waals surface area contributed by atoms with Crippen LogP contribution >= 0.6 is 0 Å². The van der Waals surface area contributed by atoms with Crippen LogP contribution in [-0.4, -0.2) is 38.9 Å². The number of anilines is 1. The molecule has 3 amide bonds. The van der Waals surface area contributed by atoms with Gasteiger partial charge in [0, 0.05) is 37.2 Å². The quantitative estimate of drug-likeness (QED) is 0.556. The van der Waals surface area contributed by atoms with Crippen molar-refractivity contribution >= 4 is 17.6 Å². The molecule has 32 heavy (non-hydrogen) atoms. The largest absolute Gasteiger partial charge is 0.353 e. The molecule has 1 aromatic heterocycles. The van der Waals surface area contributed by atoms with Crippen LogP contribution in [0.15, 0.2) is 72.9 Å². The van der Waals surface area contributed by atoms with Gasteiger partial charge in [-0.3, -0.25) is 4.79 Å². The molecule has 0 aliphatic rings. The van der Waals surface area contributed by atoms with E-state index in [2.05, 4.69) is 5.32 Å². The number of nitrogens with one attached hydrogen (secondary N) is 1. The number of nitrogens with zero attached hydrogens (tertiary/aromatic N) is 3. The van der Waals surface area contributed by atoms with Crippen molar-refractivity contribution in [2.24, 2.45) is 7.05 Å². The molecule has 0 aliphatic carbocycles. The summed E-state index contributed by atoms with van der Waals surface area (Å²) in [4.78, 5) is 29.8. The van der Waals surface area contributed by atoms with Gasteiger partial charge in [0.15, 0.2) is 0 Å². The fourth-order valence-corrected chi connectivity index (χ4v) is 3.55. The van der Waals surface area contributed by atoms with E-state index in [0.29, 0.717) is 13.1 Å². The molecule has 0 saturated heterocycles. The van der Waals surface area contributed by atoms with Crippen molar-refractivity contribution in [1.82, 2.24) is 14.4 Å². The summed E-state index contributed by atoms with van der Waals surface area (Å²) in [6.07, 6.45) is 1.97. The number of aromatic nitrogens is 1. The maximum atomic E-state index is 13.4. The molecule has 3 aromatic rings. The first-order valence-electron chi connectivity index (χ1n) is 10.9. The third-order valence-corrected chi connectivity index (χ3v) is 5.43. The van der Waals surface area contributed by atoms with E-state index < -0.39 is 0 Å². The number of hydrogen-bond acceptors (Lipinski definition) is 2. The molecule has 1 heterocycles. The van der Waals surface area contributed by atoms with Crippen molar-refractivity contribution < 1.29 is 9.59 Å². The lowest BCUT2D eigenvalue weighted by Gasteiger charge is -2.30. The van der Waals surface area contributed by atoms with E-state index in [4.69, 9.17) is 0 Å². The molecular weight excluding hydrogens is 400 g/mol. The average molecular weight is 433 g/mol. The van der Waals surface area contributed by atoms with Crippen molar-refractivity contribution in [3.63, 3.8) is 0 Å². The number of carbonyl (C=O) groups excluding carboxylic acids is 2. The van der Waals surface area contributed by atoms with Gasteiger partial charge in [-0.25, -0.2) is 4.79 Å². The van der Waals surface area contributed by atoms with Gasteiger partial charge >= 0.3 is 6.03 Å². The third-order valence-electron chi connectivity index (χ3n) is 5.43. The molecule has 0 bridgehead atoms. The van der Waals surface area contributed by atoms with E-state index in [-0.39, 0.29) is 24.5 Å². The van der Waals surface area contributed by atoms with E-state index in [1.807, 2.05) is 105 Å². The highest BCUT2D eigenvalue weighted by Crippen LogP contribution is 2.14. The molecule has 0 aliphatic heterocycles. The summed E-state index contributed by atoms with van der Waals surface area (Å²) in [6, 6.07) is 21.1. The van der Waals surface area contributed by atoms with Crippen LogP contribution in [0.5, 0.6) is 0 Å². The summed E-state index contributed by atoms with van der Waals surface area (Å²) in [5.74, 6) is -0.0943. The van der Waals surface area contributed by atoms with Gasteiger partial charge in [0.2, 0.25) is 5.91 Å². The smallest absolute Gasteiger partial charge is 0.322 e. The molecule has 2 aromatic carbocycles. The molecule has 6 nitrogen and oxygen atoms in total. The van der Waals surface area contributed by atoms with Crippen LogP contribution in [0.1, 0.15) is 30.7 Å². The number of aryl methyl sites for hydroxylation is 2. The van der Waals surface area contributed by atoms with Crippen LogP contribution in [0.3, 0.4) is 0 Å². The molecule has 168 valence electrons. The fourth-order valence-electron chi connectivity index (χ4n) is 3.55. The molecule has 0 radical (unpaired) electrons. The maximum absolute atomic E-state index is 13.4. The number of carbonyl (C=O) groups is 2. The zero-order valence-electron chi connectivity index (χ0n) is 19.3. The van der Waals surface area contributed by atoms with Crippen molar-refractivity contribution in [2.45, 2.75) is 39.9 Å². The van der Waals surface area contributed by atoms with Gasteiger partial charge < -0.3 is 19.7 Å². The molecule has 0 saturated carbocycles. The topological polar surface area (TPSA) is 57.6 Å². The Morgan fingerprint density at radius 3 is 2.34 bits per heavy atom. The minimum Gasteiger partial charge on any atom is -0.353 e. The van der Waals surface area contributed by atoms with Gasteiger partial charge in [-0.05, 0) is 56.2 Å². The summed E-state index contributed by atoms with van der Waals surface area (Å²) in [6.45, 7) is 6.78. The van der Waals surface area contributed by atoms with E-state index in [9.17, 15) is 9.59 Å². The second-order valence-electron chi connectivity index (χ2n) is 8.37. The lowest BCUT2D eigenvalue weighted by atomic mass is 10.2. The molecule has 0 unspecified atom stereocenters. The number of amides is 3. The molecule has 0 atom stereocenters. The second kappa shape index (κ2) is 10.7. The maximum Gasteiger partial charge on any atom is 0.322 e. The Balaban J connectivity index is 1.76. The lowest BCUT2D eigenvalue weighted by molar-refractivity contribution is -0.133. The van der Waals surface area contributed by atoms with Gasteiger partial charge in [-0.2, -0.15) is 0 Å². The Kier molecular flexibility index (Phi) is 7.71. The fraction of sp³-hybridized carbons (Fsp3) is 0.308. The predicted octanol–water partition coefficient (Wildman–Crippen LogP) is 4.80. The highest BCUT2D eigenvalue weighted by Gasteiger charge is 2.24. The van der Waals surface area contributed by atoms with Crippen molar-refractivity contribution in [3.8, 4) is 0 Å². The number of urea groups is 1. The Hall–Kier alpha value is -3.54. The van der Waals surface area contributed by atoms with Crippen LogP contribution in [0.2, 0.25) is 0 Å². The summed E-state index contributed by atoms with van der Waals surface area (Å²) in [5.41, 5.74) is 3.87. The van der Waals surface area contributed by atoms with Gasteiger partial charge in [-0.1, -0.05) is 42.5 Å². The van der Waals surface area contributed by atoms with E-state index in [1.54, 1.807) is 9.80 Å². The van der Waals surface area contributed by atoms with Crippen molar-refractivity contribution in [3.05, 3.63) is 89.7 Å². The normalized spacial score (nSPS) is 10.8. The molecular formula is C26H32N4O2. The van der Waals surface area contributed by atoms with Crippen LogP contribution in [0, 0.1) is 6.92 Å². The first-order valence-corrected chi connectivity index (χ1v) is 10.9. The molecule has 6 heteroatoms. The standard InChI is InChI=1S/C26H32N4O2/c1-20(2)30(26(32)27-23-13-8-10-21(3)16-23)19-25(31)29(17-22-11-6-5-7-12-22)18-24-14-9-15-28(24)4/h5-16,20H,17-19H2,1-4H3,(H,27,32). The molecule has 0 fully saturated rings. The van der Waals surface area contributed by atoms with Crippen molar-refractivity contribution in [1.29, 1.82) is 0 Å². The van der Waals surface area contributed by atoms with Gasteiger partial charge in [-0.15, -0.1) is 0 Å². The van der Waals surface area contributed by atoms with Gasteiger partial charge in [0.1, 0.15) is 6.54 Å². The molecule has 0 spiro atoms. The number of hydrogen-bond donors (Lipinski definition) is 1. The Labute approximate surface area is 190 Å². The van der Waals surface area contributed by atoms with Crippen molar-refractivity contribution in [2.75, 3.05) is 11.9 Å². The SMILES string of the molecule is Cc1cccc(NC(=O)N(CC(=O)N(Cc2ccccc2)Cc2cccn2C)C(C)C)c1. The first-order chi connectivity index (χ1) is 15.3. The minimum absolute atomic E-state index is 0.00652. The summed E-state index contributed by atoms with van der Waals surface area (Å²) in [5, 5.41) is 2.92. The number of benzene rings is 2. The van der Waals surface area contributed by atoms with Gasteiger partial charge in [0.25, 0.3) is 0 Å². The Morgan fingerprint density at radius 2 is 1.72 bits per heavy atom. The zero-order chi connectivity index (χ0) is 23.1. The highest BCUT2D eigenvalue weighted by atomic mass is 16.2. The van der Waals surface area contributed by atoms with E-state index in [0.717, 1.165) is 22.5 Å². The monoisotopic (exact) mass is 432 g/mol. The van der Waals surface area contributed by atoms with E-state index in [1.165, 1.54) is 0 Å². The Bertz CT molecular complexity index is 1040. The molecule has 3 rings (SSSR count). The lowest BCUT2D eigenvalue weighted by Crippen LogP contribution is -2.47. The van der Waals surface area contributed by atoms with Crippen LogP contribution in [-0.2, 0) is 24.9 Å². The number of rotatable bonds is 8. The molecule has 1 N–H and O–H groups in total. The second-order valence-corrected chi connectivity index (χ2v) is 8.37. The summed E-state index contributed by atoms with van der Waals surface area (Å²) < 4.78 is 2.01.